The minimum Gasteiger partial charge on any atom is -0.393 e. The number of rotatable bonds is 7. The first-order valence-corrected chi connectivity index (χ1v) is 12.0. The molecular formula is C19H22N4O5S2. The summed E-state index contributed by atoms with van der Waals surface area (Å²) in [6, 6.07) is 6.07. The van der Waals surface area contributed by atoms with Crippen molar-refractivity contribution in [2.24, 2.45) is 5.16 Å². The maximum Gasteiger partial charge on any atom is 0.280 e. The highest BCUT2D eigenvalue weighted by Gasteiger charge is 2.36. The Morgan fingerprint density at radius 1 is 1.23 bits per heavy atom. The molecule has 2 aliphatic rings. The third-order valence-corrected chi connectivity index (χ3v) is 8.03. The Labute approximate surface area is 178 Å². The molecule has 2 saturated carbocycles. The van der Waals surface area contributed by atoms with Crippen molar-refractivity contribution in [1.82, 2.24) is 9.36 Å². The lowest BCUT2D eigenvalue weighted by molar-refractivity contribution is -0.110. The van der Waals surface area contributed by atoms with E-state index in [-0.39, 0.29) is 22.0 Å². The zero-order valence-electron chi connectivity index (χ0n) is 16.3. The van der Waals surface area contributed by atoms with Gasteiger partial charge in [-0.1, -0.05) is 17.3 Å². The van der Waals surface area contributed by atoms with Crippen LogP contribution in [0.2, 0.25) is 0 Å². The average Bonchev–Trinajstić information content (AvgIpc) is 3.39. The van der Waals surface area contributed by atoms with Gasteiger partial charge in [0.2, 0.25) is 5.13 Å². The third-order valence-electron chi connectivity index (χ3n) is 5.03. The number of aliphatic hydroxyl groups excluding tert-OH is 1. The van der Waals surface area contributed by atoms with Gasteiger partial charge < -0.3 is 9.94 Å². The summed E-state index contributed by atoms with van der Waals surface area (Å²) in [5.74, 6) is 0.00196. The van der Waals surface area contributed by atoms with Crippen LogP contribution in [0.5, 0.6) is 0 Å². The molecule has 160 valence electrons. The van der Waals surface area contributed by atoms with Gasteiger partial charge in [0.05, 0.1) is 16.2 Å². The van der Waals surface area contributed by atoms with E-state index in [1.807, 2.05) is 0 Å². The van der Waals surface area contributed by atoms with Crippen LogP contribution < -0.4 is 5.32 Å². The summed E-state index contributed by atoms with van der Waals surface area (Å²) in [6.45, 7) is 1.72. The summed E-state index contributed by atoms with van der Waals surface area (Å²) in [7, 11) is -3.32. The van der Waals surface area contributed by atoms with Gasteiger partial charge in [-0.25, -0.2) is 13.4 Å². The first-order valence-electron chi connectivity index (χ1n) is 9.71. The molecule has 2 fully saturated rings. The van der Waals surface area contributed by atoms with E-state index in [1.165, 1.54) is 12.1 Å². The van der Waals surface area contributed by atoms with Crippen molar-refractivity contribution in [3.63, 3.8) is 0 Å². The van der Waals surface area contributed by atoms with E-state index in [1.54, 1.807) is 19.1 Å². The Bertz CT molecular complexity index is 1060. The van der Waals surface area contributed by atoms with Crippen molar-refractivity contribution in [1.29, 1.82) is 0 Å². The van der Waals surface area contributed by atoms with Gasteiger partial charge in [-0.2, -0.15) is 4.37 Å². The Morgan fingerprint density at radius 3 is 2.53 bits per heavy atom. The Hall–Kier alpha value is -2.37. The van der Waals surface area contributed by atoms with Crippen molar-refractivity contribution in [2.75, 3.05) is 5.32 Å². The number of sulfone groups is 1. The van der Waals surface area contributed by atoms with Gasteiger partial charge in [0.25, 0.3) is 5.91 Å². The Kier molecular flexibility index (Phi) is 5.85. The molecule has 9 nitrogen and oxygen atoms in total. The second-order valence-electron chi connectivity index (χ2n) is 7.50. The number of nitrogens with one attached hydrogen (secondary N) is 1. The second kappa shape index (κ2) is 8.40. The van der Waals surface area contributed by atoms with Crippen molar-refractivity contribution >= 4 is 38.1 Å². The quantitative estimate of drug-likeness (QED) is 0.487. The number of hydrogen-bond donors (Lipinski definition) is 2. The minimum atomic E-state index is -3.32. The predicted molar refractivity (Wildman–Crippen MR) is 111 cm³/mol. The third kappa shape index (κ3) is 4.68. The molecule has 1 amide bonds. The maximum absolute atomic E-state index is 12.8. The zero-order valence-corrected chi connectivity index (χ0v) is 17.9. The summed E-state index contributed by atoms with van der Waals surface area (Å²) in [5, 5.41) is 16.4. The number of aryl methyl sites for hydroxylation is 1. The molecule has 2 aromatic rings. The summed E-state index contributed by atoms with van der Waals surface area (Å²) in [4.78, 5) is 22.7. The number of carbonyl (C=O) groups is 1. The van der Waals surface area contributed by atoms with E-state index in [0.29, 0.717) is 48.6 Å². The first kappa shape index (κ1) is 20.9. The van der Waals surface area contributed by atoms with Crippen LogP contribution in [0.1, 0.15) is 43.5 Å². The highest BCUT2D eigenvalue weighted by molar-refractivity contribution is 7.92. The molecule has 30 heavy (non-hydrogen) atoms. The molecule has 1 aromatic heterocycles. The van der Waals surface area contributed by atoms with Crippen LogP contribution in [-0.4, -0.2) is 52.0 Å². The van der Waals surface area contributed by atoms with Crippen LogP contribution >= 0.6 is 11.5 Å². The highest BCUT2D eigenvalue weighted by Crippen LogP contribution is 2.33. The van der Waals surface area contributed by atoms with Crippen LogP contribution in [-0.2, 0) is 19.5 Å². The van der Waals surface area contributed by atoms with Crippen molar-refractivity contribution < 1.29 is 23.2 Å². The fourth-order valence-corrected chi connectivity index (χ4v) is 5.47. The minimum absolute atomic E-state index is 0.000359. The van der Waals surface area contributed by atoms with Crippen LogP contribution in [0.25, 0.3) is 0 Å². The lowest BCUT2D eigenvalue weighted by atomic mass is 10.1. The van der Waals surface area contributed by atoms with Crippen LogP contribution in [0, 0.1) is 6.92 Å². The van der Waals surface area contributed by atoms with E-state index in [0.717, 1.165) is 11.5 Å². The van der Waals surface area contributed by atoms with Crippen LogP contribution in [0.3, 0.4) is 0 Å². The Balaban J connectivity index is 1.58. The molecule has 11 heteroatoms. The van der Waals surface area contributed by atoms with Crippen molar-refractivity contribution in [2.45, 2.75) is 61.4 Å². The fraction of sp³-hybridized carbons (Fsp3) is 0.474. The van der Waals surface area contributed by atoms with Crippen molar-refractivity contribution in [3.05, 3.63) is 35.7 Å². The van der Waals surface area contributed by atoms with E-state index in [4.69, 9.17) is 4.84 Å². The van der Waals surface area contributed by atoms with Gasteiger partial charge in [-0.15, -0.1) is 0 Å². The topological polar surface area (TPSA) is 131 Å². The standard InChI is InChI=1S/C19H22N4O5S2/c1-11-20-19(29-23-11)21-18(25)17(22-28-14-5-4-13(24)10-14)12-2-6-15(7-3-12)30(26,27)16-8-9-16/h2-3,6-7,13-14,16,24H,4-5,8-10H2,1H3,(H,20,21,23,25)/t13-,14-/m1/s1. The molecule has 0 saturated heterocycles. The lowest BCUT2D eigenvalue weighted by Gasteiger charge is -2.11. The number of aromatic nitrogens is 2. The van der Waals surface area contributed by atoms with E-state index in [9.17, 15) is 18.3 Å². The highest BCUT2D eigenvalue weighted by atomic mass is 32.2. The first-order chi connectivity index (χ1) is 14.3. The number of aliphatic hydroxyl groups is 1. The maximum atomic E-state index is 12.8. The smallest absolute Gasteiger partial charge is 0.280 e. The molecular weight excluding hydrogens is 428 g/mol. The normalized spacial score (nSPS) is 22.1. The molecule has 0 radical (unpaired) electrons. The second-order valence-corrected chi connectivity index (χ2v) is 10.5. The van der Waals surface area contributed by atoms with Gasteiger partial charge in [-0.05, 0) is 44.7 Å². The molecule has 2 N–H and O–H groups in total. The largest absolute Gasteiger partial charge is 0.393 e. The summed E-state index contributed by atoms with van der Waals surface area (Å²) in [5.41, 5.74) is 0.418. The molecule has 1 heterocycles. The lowest BCUT2D eigenvalue weighted by Crippen LogP contribution is -2.25. The zero-order chi connectivity index (χ0) is 21.3. The summed E-state index contributed by atoms with van der Waals surface area (Å²) >= 11 is 1.05. The van der Waals surface area contributed by atoms with Crippen LogP contribution in [0.15, 0.2) is 34.3 Å². The Morgan fingerprint density at radius 2 is 1.97 bits per heavy atom. The number of carbonyl (C=O) groups excluding carboxylic acids is 1. The van der Waals surface area contributed by atoms with Crippen LogP contribution in [0.4, 0.5) is 5.13 Å². The molecule has 2 atom stereocenters. The van der Waals surface area contributed by atoms with Gasteiger partial charge in [0.1, 0.15) is 11.9 Å². The predicted octanol–water partition coefficient (Wildman–Crippen LogP) is 2.06. The van der Waals surface area contributed by atoms with E-state index in [2.05, 4.69) is 19.8 Å². The molecule has 4 rings (SSSR count). The molecule has 2 aliphatic carbocycles. The number of nitrogens with zero attached hydrogens (tertiary/aromatic N) is 3. The number of oxime groups is 1. The molecule has 1 aromatic carbocycles. The van der Waals surface area contributed by atoms with Crippen molar-refractivity contribution in [3.8, 4) is 0 Å². The van der Waals surface area contributed by atoms with Gasteiger partial charge >= 0.3 is 0 Å². The molecule has 0 spiro atoms. The molecule has 0 bridgehead atoms. The van der Waals surface area contributed by atoms with Gasteiger partial charge in [-0.3, -0.25) is 10.1 Å². The number of hydrogen-bond acceptors (Lipinski definition) is 9. The number of anilines is 1. The van der Waals surface area contributed by atoms with Gasteiger partial charge in [0.15, 0.2) is 15.5 Å². The number of amides is 1. The summed E-state index contributed by atoms with van der Waals surface area (Å²) < 4.78 is 28.9. The van der Waals surface area contributed by atoms with E-state index < -0.39 is 21.8 Å². The SMILES string of the molecule is Cc1nsc(NC(=O)C(=NO[C@@H]2CC[C@@H](O)C2)c2ccc(S(=O)(=O)C3CC3)cc2)n1. The number of benzene rings is 1. The fourth-order valence-electron chi connectivity index (χ4n) is 3.24. The molecule has 0 aliphatic heterocycles. The summed E-state index contributed by atoms with van der Waals surface area (Å²) in [6.07, 6.45) is 2.38. The van der Waals surface area contributed by atoms with E-state index >= 15 is 0 Å². The van der Waals surface area contributed by atoms with Gasteiger partial charge in [0, 0.05) is 23.5 Å². The molecule has 0 unspecified atom stereocenters. The monoisotopic (exact) mass is 450 g/mol. The average molecular weight is 451 g/mol.